The highest BCUT2D eigenvalue weighted by molar-refractivity contribution is 5.84. The molecule has 1 aliphatic heterocycles. The molecule has 138 valence electrons. The fraction of sp³-hybridized carbons (Fsp3) is 0.591. The number of carbonyl (C=O) groups excluding carboxylic acids is 1. The first-order valence-corrected chi connectivity index (χ1v) is 9.59. The van der Waals surface area contributed by atoms with Crippen molar-refractivity contribution in [2.24, 2.45) is 5.41 Å². The average Bonchev–Trinajstić information content (AvgIpc) is 2.58. The van der Waals surface area contributed by atoms with Gasteiger partial charge in [-0.05, 0) is 49.8 Å². The van der Waals surface area contributed by atoms with Gasteiger partial charge >= 0.3 is 0 Å². The van der Waals surface area contributed by atoms with E-state index in [2.05, 4.69) is 25.3 Å². The number of allylic oxidation sites excluding steroid dienone is 1. The Morgan fingerprint density at radius 1 is 1.40 bits per heavy atom. The second kappa shape index (κ2) is 8.07. The maximum atomic E-state index is 12.7. The Labute approximate surface area is 152 Å². The van der Waals surface area contributed by atoms with Gasteiger partial charge in [0.05, 0.1) is 6.04 Å². The molecule has 3 heteroatoms. The molecule has 1 aliphatic rings. The summed E-state index contributed by atoms with van der Waals surface area (Å²) in [7, 11) is 0. The normalized spacial score (nSPS) is 22.1. The van der Waals surface area contributed by atoms with Crippen molar-refractivity contribution in [3.8, 4) is 5.75 Å². The highest BCUT2D eigenvalue weighted by Crippen LogP contribution is 2.43. The van der Waals surface area contributed by atoms with Gasteiger partial charge < -0.3 is 10.0 Å². The lowest BCUT2D eigenvalue weighted by Crippen LogP contribution is -2.48. The van der Waals surface area contributed by atoms with Gasteiger partial charge in [-0.15, -0.1) is 0 Å². The SMILES string of the molecule is C=C1N(C(Cc2ccc(O)c(C)c2)C(=O)CC)CCCC1(C)CCC. The molecule has 25 heavy (non-hydrogen) atoms. The Morgan fingerprint density at radius 3 is 2.72 bits per heavy atom. The van der Waals surface area contributed by atoms with Crippen LogP contribution in [0, 0.1) is 12.3 Å². The predicted molar refractivity (Wildman–Crippen MR) is 104 cm³/mol. The number of ketones is 1. The van der Waals surface area contributed by atoms with Gasteiger partial charge in [0, 0.05) is 24.1 Å². The minimum atomic E-state index is -0.155. The molecule has 1 fully saturated rings. The summed E-state index contributed by atoms with van der Waals surface area (Å²) in [5, 5.41) is 9.76. The Hall–Kier alpha value is -1.77. The lowest BCUT2D eigenvalue weighted by Gasteiger charge is -2.47. The van der Waals surface area contributed by atoms with Crippen LogP contribution < -0.4 is 0 Å². The molecule has 0 radical (unpaired) electrons. The van der Waals surface area contributed by atoms with Crippen LogP contribution in [-0.4, -0.2) is 28.4 Å². The van der Waals surface area contributed by atoms with Gasteiger partial charge in [-0.1, -0.05) is 45.9 Å². The third kappa shape index (κ3) is 4.26. The van der Waals surface area contributed by atoms with E-state index in [-0.39, 0.29) is 17.2 Å². The number of phenols is 1. The van der Waals surface area contributed by atoms with Crippen LogP contribution in [0.3, 0.4) is 0 Å². The van der Waals surface area contributed by atoms with Gasteiger partial charge in [0.2, 0.25) is 0 Å². The molecule has 0 saturated carbocycles. The summed E-state index contributed by atoms with van der Waals surface area (Å²) in [6, 6.07) is 5.49. The number of aryl methyl sites for hydroxylation is 1. The van der Waals surface area contributed by atoms with Crippen molar-refractivity contribution < 1.29 is 9.90 Å². The molecule has 0 spiro atoms. The fourth-order valence-corrected chi connectivity index (χ4v) is 4.13. The lowest BCUT2D eigenvalue weighted by atomic mass is 9.74. The van der Waals surface area contributed by atoms with Crippen molar-refractivity contribution in [3.63, 3.8) is 0 Å². The quantitative estimate of drug-likeness (QED) is 0.757. The van der Waals surface area contributed by atoms with E-state index in [1.165, 1.54) is 0 Å². The molecule has 2 atom stereocenters. The third-order valence-corrected chi connectivity index (χ3v) is 5.76. The maximum absolute atomic E-state index is 12.7. The van der Waals surface area contributed by atoms with E-state index in [0.29, 0.717) is 18.6 Å². The number of aromatic hydroxyl groups is 1. The van der Waals surface area contributed by atoms with E-state index in [4.69, 9.17) is 0 Å². The summed E-state index contributed by atoms with van der Waals surface area (Å²) in [6.07, 6.45) is 5.73. The lowest BCUT2D eigenvalue weighted by molar-refractivity contribution is -0.124. The largest absolute Gasteiger partial charge is 0.508 e. The molecule has 0 aromatic heterocycles. The molecule has 2 unspecified atom stereocenters. The molecular formula is C22H33NO2. The Kier molecular flexibility index (Phi) is 6.31. The van der Waals surface area contributed by atoms with E-state index >= 15 is 0 Å². The van der Waals surface area contributed by atoms with Crippen LogP contribution in [-0.2, 0) is 11.2 Å². The van der Waals surface area contributed by atoms with Crippen LogP contribution in [0.25, 0.3) is 0 Å². The standard InChI is InChI=1S/C22H33NO2/c1-6-11-22(5)12-8-13-23(17(22)4)19(20(24)7-2)15-18-9-10-21(25)16(3)14-18/h9-10,14,19,25H,4,6-8,11-13,15H2,1-3,5H3. The highest BCUT2D eigenvalue weighted by atomic mass is 16.3. The number of carbonyl (C=O) groups is 1. The van der Waals surface area contributed by atoms with Gasteiger partial charge in [-0.3, -0.25) is 4.79 Å². The monoisotopic (exact) mass is 343 g/mol. The number of hydrogen-bond acceptors (Lipinski definition) is 3. The molecule has 0 amide bonds. The zero-order valence-electron chi connectivity index (χ0n) is 16.3. The van der Waals surface area contributed by atoms with Crippen LogP contribution in [0.15, 0.2) is 30.5 Å². The number of phenolic OH excluding ortho intramolecular Hbond substituents is 1. The zero-order valence-corrected chi connectivity index (χ0v) is 16.3. The van der Waals surface area contributed by atoms with Crippen LogP contribution in [0.5, 0.6) is 5.75 Å². The molecule has 1 heterocycles. The fourth-order valence-electron chi connectivity index (χ4n) is 4.13. The van der Waals surface area contributed by atoms with Crippen molar-refractivity contribution in [2.45, 2.75) is 72.3 Å². The number of Topliss-reactive ketones (excluding diaryl/α,β-unsaturated/α-hetero) is 1. The van der Waals surface area contributed by atoms with Gasteiger partial charge in [0.25, 0.3) is 0 Å². The van der Waals surface area contributed by atoms with Crippen LogP contribution in [0.4, 0.5) is 0 Å². The Balaban J connectivity index is 2.28. The van der Waals surface area contributed by atoms with Crippen molar-refractivity contribution >= 4 is 5.78 Å². The number of hydrogen-bond donors (Lipinski definition) is 1. The molecule has 0 aliphatic carbocycles. The molecule has 1 saturated heterocycles. The van der Waals surface area contributed by atoms with Crippen molar-refractivity contribution in [1.29, 1.82) is 0 Å². The van der Waals surface area contributed by atoms with Crippen LogP contribution >= 0.6 is 0 Å². The molecule has 3 nitrogen and oxygen atoms in total. The maximum Gasteiger partial charge on any atom is 0.155 e. The summed E-state index contributed by atoms with van der Waals surface area (Å²) < 4.78 is 0. The minimum absolute atomic E-state index is 0.101. The Morgan fingerprint density at radius 2 is 2.12 bits per heavy atom. The first-order valence-electron chi connectivity index (χ1n) is 9.59. The van der Waals surface area contributed by atoms with Crippen LogP contribution in [0.1, 0.15) is 64.0 Å². The Bertz CT molecular complexity index is 633. The summed E-state index contributed by atoms with van der Waals surface area (Å²) in [5.41, 5.74) is 3.18. The summed E-state index contributed by atoms with van der Waals surface area (Å²) in [4.78, 5) is 15.0. The predicted octanol–water partition coefficient (Wildman–Crippen LogP) is 5.01. The topological polar surface area (TPSA) is 40.5 Å². The molecule has 0 bridgehead atoms. The van der Waals surface area contributed by atoms with Crippen LogP contribution in [0.2, 0.25) is 0 Å². The number of benzene rings is 1. The van der Waals surface area contributed by atoms with Gasteiger partial charge in [-0.25, -0.2) is 0 Å². The first kappa shape index (κ1) is 19.6. The number of likely N-dealkylation sites (tertiary alicyclic amines) is 1. The average molecular weight is 344 g/mol. The second-order valence-electron chi connectivity index (χ2n) is 7.71. The summed E-state index contributed by atoms with van der Waals surface area (Å²) in [5.74, 6) is 0.577. The molecular weight excluding hydrogens is 310 g/mol. The zero-order chi connectivity index (χ0) is 18.6. The van der Waals surface area contributed by atoms with E-state index < -0.39 is 0 Å². The van der Waals surface area contributed by atoms with E-state index in [9.17, 15) is 9.90 Å². The van der Waals surface area contributed by atoms with Crippen molar-refractivity contribution in [1.82, 2.24) is 4.90 Å². The molecule has 1 N–H and O–H groups in total. The third-order valence-electron chi connectivity index (χ3n) is 5.76. The van der Waals surface area contributed by atoms with E-state index in [1.54, 1.807) is 6.07 Å². The van der Waals surface area contributed by atoms with Gasteiger partial charge in [0.15, 0.2) is 5.78 Å². The number of rotatable bonds is 7. The molecule has 1 aromatic carbocycles. The summed E-state index contributed by atoms with van der Waals surface area (Å²) in [6.45, 7) is 13.7. The molecule has 1 aromatic rings. The smallest absolute Gasteiger partial charge is 0.155 e. The first-order chi connectivity index (χ1) is 11.8. The number of piperidine rings is 1. The van der Waals surface area contributed by atoms with E-state index in [0.717, 1.165) is 49.1 Å². The van der Waals surface area contributed by atoms with Gasteiger partial charge in [0.1, 0.15) is 5.75 Å². The highest BCUT2D eigenvalue weighted by Gasteiger charge is 2.38. The summed E-state index contributed by atoms with van der Waals surface area (Å²) >= 11 is 0. The van der Waals surface area contributed by atoms with Crippen molar-refractivity contribution in [2.75, 3.05) is 6.54 Å². The number of nitrogens with zero attached hydrogens (tertiary/aromatic N) is 1. The van der Waals surface area contributed by atoms with Gasteiger partial charge in [-0.2, -0.15) is 0 Å². The minimum Gasteiger partial charge on any atom is -0.508 e. The molecule has 2 rings (SSSR count). The second-order valence-corrected chi connectivity index (χ2v) is 7.71. The van der Waals surface area contributed by atoms with E-state index in [1.807, 2.05) is 26.0 Å². The van der Waals surface area contributed by atoms with Crippen molar-refractivity contribution in [3.05, 3.63) is 41.6 Å².